The van der Waals surface area contributed by atoms with E-state index in [-0.39, 0.29) is 5.88 Å². The van der Waals surface area contributed by atoms with Crippen molar-refractivity contribution in [1.29, 1.82) is 0 Å². The van der Waals surface area contributed by atoms with Crippen molar-refractivity contribution in [2.24, 2.45) is 0 Å². The molecular weight excluding hydrogens is 202 g/mol. The molecule has 0 aromatic carbocycles. The Balaban J connectivity index is 2.44. The van der Waals surface area contributed by atoms with E-state index in [0.717, 1.165) is 11.1 Å². The summed E-state index contributed by atoms with van der Waals surface area (Å²) in [5.74, 6) is 1.22. The second-order valence-corrected chi connectivity index (χ2v) is 3.10. The lowest BCUT2D eigenvalue weighted by Gasteiger charge is -1.96. The van der Waals surface area contributed by atoms with E-state index in [2.05, 4.69) is 15.1 Å². The van der Waals surface area contributed by atoms with Gasteiger partial charge < -0.3 is 4.52 Å². The Hall–Kier alpha value is -1.42. The summed E-state index contributed by atoms with van der Waals surface area (Å²) in [6.07, 6.45) is 3.45. The molecule has 0 atom stereocenters. The van der Waals surface area contributed by atoms with Crippen molar-refractivity contribution in [3.63, 3.8) is 0 Å². The van der Waals surface area contributed by atoms with Gasteiger partial charge in [-0.2, -0.15) is 4.98 Å². The van der Waals surface area contributed by atoms with Crippen molar-refractivity contribution in [2.45, 2.75) is 12.8 Å². The zero-order valence-electron chi connectivity index (χ0n) is 7.57. The molecular formula is C9H8ClN3O. The van der Waals surface area contributed by atoms with Crippen LogP contribution in [0.1, 0.15) is 11.5 Å². The molecule has 0 fully saturated rings. The SMILES string of the molecule is Cc1cnccc1-c1noc(CCl)n1. The fraction of sp³-hybridized carbons (Fsp3) is 0.222. The van der Waals surface area contributed by atoms with E-state index in [1.165, 1.54) is 0 Å². The number of halogens is 1. The summed E-state index contributed by atoms with van der Waals surface area (Å²) >= 11 is 5.56. The number of hydrogen-bond donors (Lipinski definition) is 0. The van der Waals surface area contributed by atoms with Gasteiger partial charge in [0, 0.05) is 18.0 Å². The first-order valence-corrected chi connectivity index (χ1v) is 4.64. The highest BCUT2D eigenvalue weighted by molar-refractivity contribution is 6.16. The average Bonchev–Trinajstić information content (AvgIpc) is 2.67. The molecule has 5 heteroatoms. The standard InChI is InChI=1S/C9H8ClN3O/c1-6-5-11-3-2-7(6)9-12-8(4-10)14-13-9/h2-3,5H,4H2,1H3. The minimum Gasteiger partial charge on any atom is -0.338 e. The van der Waals surface area contributed by atoms with Gasteiger partial charge in [-0.05, 0) is 18.6 Å². The maximum atomic E-state index is 5.56. The van der Waals surface area contributed by atoms with Crippen LogP contribution in [0.25, 0.3) is 11.4 Å². The lowest BCUT2D eigenvalue weighted by molar-refractivity contribution is 0.391. The molecule has 4 nitrogen and oxygen atoms in total. The summed E-state index contributed by atoms with van der Waals surface area (Å²) in [6.45, 7) is 1.94. The molecule has 0 amide bonds. The maximum absolute atomic E-state index is 5.56. The number of alkyl halides is 1. The van der Waals surface area contributed by atoms with Gasteiger partial charge in [0.25, 0.3) is 0 Å². The summed E-state index contributed by atoms with van der Waals surface area (Å²) in [5.41, 5.74) is 1.93. The molecule has 0 aliphatic rings. The fourth-order valence-corrected chi connectivity index (χ4v) is 1.25. The number of aryl methyl sites for hydroxylation is 1. The highest BCUT2D eigenvalue weighted by atomic mass is 35.5. The van der Waals surface area contributed by atoms with E-state index in [0.29, 0.717) is 11.7 Å². The molecule has 0 aliphatic heterocycles. The zero-order valence-corrected chi connectivity index (χ0v) is 8.32. The first kappa shape index (κ1) is 9.15. The first-order chi connectivity index (χ1) is 6.81. The number of aromatic nitrogens is 3. The predicted octanol–water partition coefficient (Wildman–Crippen LogP) is 2.18. The van der Waals surface area contributed by atoms with Gasteiger partial charge in [0.2, 0.25) is 11.7 Å². The molecule has 2 rings (SSSR count). The largest absolute Gasteiger partial charge is 0.338 e. The van der Waals surface area contributed by atoms with Crippen molar-refractivity contribution in [2.75, 3.05) is 0 Å². The van der Waals surface area contributed by atoms with Crippen molar-refractivity contribution in [3.05, 3.63) is 29.9 Å². The van der Waals surface area contributed by atoms with Gasteiger partial charge in [0.15, 0.2) is 0 Å². The Morgan fingerprint density at radius 3 is 3.00 bits per heavy atom. The number of pyridine rings is 1. The minimum absolute atomic E-state index is 0.233. The predicted molar refractivity (Wildman–Crippen MR) is 51.8 cm³/mol. The molecule has 14 heavy (non-hydrogen) atoms. The summed E-state index contributed by atoms with van der Waals surface area (Å²) in [4.78, 5) is 8.11. The van der Waals surface area contributed by atoms with Crippen LogP contribution in [-0.2, 0) is 5.88 Å². The summed E-state index contributed by atoms with van der Waals surface area (Å²) in [5, 5.41) is 3.82. The minimum atomic E-state index is 0.233. The molecule has 0 radical (unpaired) electrons. The van der Waals surface area contributed by atoms with Crippen molar-refractivity contribution < 1.29 is 4.52 Å². The average molecular weight is 210 g/mol. The van der Waals surface area contributed by atoms with Crippen molar-refractivity contribution in [3.8, 4) is 11.4 Å². The Kier molecular flexibility index (Phi) is 2.45. The van der Waals surface area contributed by atoms with Crippen LogP contribution >= 0.6 is 11.6 Å². The van der Waals surface area contributed by atoms with Crippen molar-refractivity contribution >= 4 is 11.6 Å². The Morgan fingerprint density at radius 1 is 1.50 bits per heavy atom. The Bertz CT molecular complexity index is 441. The molecule has 0 aliphatic carbocycles. The molecule has 0 bridgehead atoms. The van der Waals surface area contributed by atoms with Crippen LogP contribution in [-0.4, -0.2) is 15.1 Å². The smallest absolute Gasteiger partial charge is 0.241 e. The second kappa shape index (κ2) is 3.75. The van der Waals surface area contributed by atoms with E-state index in [9.17, 15) is 0 Å². The van der Waals surface area contributed by atoms with Crippen LogP contribution in [0, 0.1) is 6.92 Å². The molecule has 0 saturated carbocycles. The van der Waals surface area contributed by atoms with Gasteiger partial charge in [-0.15, -0.1) is 11.6 Å². The quantitative estimate of drug-likeness (QED) is 0.712. The van der Waals surface area contributed by atoms with E-state index in [1.54, 1.807) is 12.4 Å². The molecule has 2 heterocycles. The number of nitrogens with zero attached hydrogens (tertiary/aromatic N) is 3. The van der Waals surface area contributed by atoms with Gasteiger partial charge in [-0.25, -0.2) is 0 Å². The van der Waals surface area contributed by atoms with Gasteiger partial charge in [0.05, 0.1) is 0 Å². The topological polar surface area (TPSA) is 51.8 Å². The van der Waals surface area contributed by atoms with E-state index in [4.69, 9.17) is 16.1 Å². The molecule has 72 valence electrons. The number of hydrogen-bond acceptors (Lipinski definition) is 4. The lowest BCUT2D eigenvalue weighted by Crippen LogP contribution is -1.86. The Morgan fingerprint density at radius 2 is 2.36 bits per heavy atom. The fourth-order valence-electron chi connectivity index (χ4n) is 1.14. The molecule has 0 spiro atoms. The van der Waals surface area contributed by atoms with Gasteiger partial charge in [-0.3, -0.25) is 4.98 Å². The molecule has 2 aromatic heterocycles. The zero-order chi connectivity index (χ0) is 9.97. The maximum Gasteiger partial charge on any atom is 0.241 e. The normalized spacial score (nSPS) is 10.4. The van der Waals surface area contributed by atoms with Crippen LogP contribution in [0.15, 0.2) is 23.0 Å². The Labute approximate surface area is 85.9 Å². The molecule has 0 saturated heterocycles. The lowest BCUT2D eigenvalue weighted by atomic mass is 10.1. The van der Waals surface area contributed by atoms with E-state index < -0.39 is 0 Å². The van der Waals surface area contributed by atoms with E-state index >= 15 is 0 Å². The third kappa shape index (κ3) is 1.61. The molecule has 0 unspecified atom stereocenters. The van der Waals surface area contributed by atoms with Gasteiger partial charge in [-0.1, -0.05) is 5.16 Å². The van der Waals surface area contributed by atoms with Crippen LogP contribution in [0.5, 0.6) is 0 Å². The summed E-state index contributed by atoms with van der Waals surface area (Å²) in [6, 6.07) is 1.85. The van der Waals surface area contributed by atoms with Crippen LogP contribution in [0.3, 0.4) is 0 Å². The van der Waals surface area contributed by atoms with Crippen LogP contribution in [0.4, 0.5) is 0 Å². The monoisotopic (exact) mass is 209 g/mol. The third-order valence-corrected chi connectivity index (χ3v) is 2.07. The first-order valence-electron chi connectivity index (χ1n) is 4.11. The molecule has 2 aromatic rings. The van der Waals surface area contributed by atoms with Crippen molar-refractivity contribution in [1.82, 2.24) is 15.1 Å². The van der Waals surface area contributed by atoms with Gasteiger partial charge >= 0.3 is 0 Å². The highest BCUT2D eigenvalue weighted by Gasteiger charge is 2.09. The summed E-state index contributed by atoms with van der Waals surface area (Å²) < 4.78 is 4.91. The highest BCUT2D eigenvalue weighted by Crippen LogP contribution is 2.18. The van der Waals surface area contributed by atoms with Crippen LogP contribution in [0.2, 0.25) is 0 Å². The third-order valence-electron chi connectivity index (χ3n) is 1.84. The van der Waals surface area contributed by atoms with Gasteiger partial charge in [0.1, 0.15) is 5.88 Å². The van der Waals surface area contributed by atoms with Crippen LogP contribution < -0.4 is 0 Å². The molecule has 0 N–H and O–H groups in total. The van der Waals surface area contributed by atoms with E-state index in [1.807, 2.05) is 13.0 Å². The second-order valence-electron chi connectivity index (χ2n) is 2.84. The number of rotatable bonds is 2. The summed E-state index contributed by atoms with van der Waals surface area (Å²) in [7, 11) is 0.